The number of ether oxygens (including phenoxy) is 1. The Bertz CT molecular complexity index is 464. The van der Waals surface area contributed by atoms with Gasteiger partial charge in [-0.2, -0.15) is 11.8 Å². The van der Waals surface area contributed by atoms with Crippen molar-refractivity contribution in [1.29, 1.82) is 0 Å². The number of carbonyl (C=O) groups is 1. The van der Waals surface area contributed by atoms with Gasteiger partial charge in [-0.05, 0) is 61.9 Å². The van der Waals surface area contributed by atoms with E-state index in [4.69, 9.17) is 4.74 Å². The zero-order valence-electron chi connectivity index (χ0n) is 16.2. The Labute approximate surface area is 157 Å². The van der Waals surface area contributed by atoms with E-state index in [9.17, 15) is 10.0 Å². The van der Waals surface area contributed by atoms with Crippen molar-refractivity contribution in [2.75, 3.05) is 18.6 Å². The summed E-state index contributed by atoms with van der Waals surface area (Å²) in [5.41, 5.74) is -0.525. The van der Waals surface area contributed by atoms with E-state index in [0.29, 0.717) is 29.1 Å². The maximum absolute atomic E-state index is 11.9. The lowest BCUT2D eigenvalue weighted by atomic mass is 9.78. The van der Waals surface area contributed by atoms with Crippen molar-refractivity contribution < 1.29 is 14.7 Å². The van der Waals surface area contributed by atoms with E-state index in [1.165, 1.54) is 37.8 Å². The molecule has 0 radical (unpaired) electrons. The summed E-state index contributed by atoms with van der Waals surface area (Å²) >= 11 is 2.08. The molecule has 2 aliphatic rings. The van der Waals surface area contributed by atoms with Gasteiger partial charge in [0, 0.05) is 12.5 Å². The average Bonchev–Trinajstić information content (AvgIpc) is 3.16. The highest BCUT2D eigenvalue weighted by atomic mass is 32.2. The second kappa shape index (κ2) is 9.43. The highest BCUT2D eigenvalue weighted by Crippen LogP contribution is 2.46. The molecule has 25 heavy (non-hydrogen) atoms. The van der Waals surface area contributed by atoms with Gasteiger partial charge in [0.25, 0.3) is 5.91 Å². The van der Waals surface area contributed by atoms with E-state index in [2.05, 4.69) is 30.8 Å². The van der Waals surface area contributed by atoms with Crippen LogP contribution in [0.15, 0.2) is 12.2 Å². The van der Waals surface area contributed by atoms with Crippen molar-refractivity contribution in [2.45, 2.75) is 71.5 Å². The standard InChI is InChI=1S/C20H35NO3S/c1-5-13-25-14-16-15(17-10-11-18(16)24-17)9-7-6-8-12-20(2,3)19(22)21(4)23/h6-7,15-18,23H,5,8-14H2,1-4H3/t15-,16+,17-,18+/m0/s1. The molecule has 0 aromatic heterocycles. The van der Waals surface area contributed by atoms with Crippen LogP contribution in [0.25, 0.3) is 0 Å². The van der Waals surface area contributed by atoms with Crippen molar-refractivity contribution in [2.24, 2.45) is 17.3 Å². The normalized spacial score (nSPS) is 28.8. The third-order valence-electron chi connectivity index (χ3n) is 5.63. The van der Waals surface area contributed by atoms with Crippen molar-refractivity contribution in [3.8, 4) is 0 Å². The summed E-state index contributed by atoms with van der Waals surface area (Å²) in [6, 6.07) is 0. The molecular weight excluding hydrogens is 334 g/mol. The molecule has 0 unspecified atom stereocenters. The van der Waals surface area contributed by atoms with Crippen LogP contribution in [0.1, 0.15) is 59.3 Å². The van der Waals surface area contributed by atoms with Crippen LogP contribution in [-0.4, -0.2) is 46.9 Å². The predicted molar refractivity (Wildman–Crippen MR) is 104 cm³/mol. The third-order valence-corrected chi connectivity index (χ3v) is 6.95. The highest BCUT2D eigenvalue weighted by Gasteiger charge is 2.47. The fourth-order valence-electron chi connectivity index (χ4n) is 4.15. The van der Waals surface area contributed by atoms with Crippen LogP contribution in [0.4, 0.5) is 0 Å². The zero-order chi connectivity index (χ0) is 18.4. The van der Waals surface area contributed by atoms with Crippen LogP contribution in [-0.2, 0) is 9.53 Å². The first-order valence-corrected chi connectivity index (χ1v) is 10.9. The fraction of sp³-hybridized carbons (Fsp3) is 0.850. The number of carbonyl (C=O) groups excluding carboxylic acids is 1. The van der Waals surface area contributed by atoms with E-state index in [-0.39, 0.29) is 5.91 Å². The molecule has 0 aliphatic carbocycles. The summed E-state index contributed by atoms with van der Waals surface area (Å²) < 4.78 is 6.17. The molecule has 4 nitrogen and oxygen atoms in total. The minimum atomic E-state index is -0.525. The van der Waals surface area contributed by atoms with Crippen molar-refractivity contribution in [1.82, 2.24) is 5.06 Å². The smallest absolute Gasteiger partial charge is 0.251 e. The van der Waals surface area contributed by atoms with Crippen LogP contribution in [0.2, 0.25) is 0 Å². The first-order valence-electron chi connectivity index (χ1n) is 9.72. The molecule has 0 aromatic rings. The van der Waals surface area contributed by atoms with E-state index in [1.54, 1.807) is 0 Å². The number of hydroxylamine groups is 2. The third kappa shape index (κ3) is 5.48. The van der Waals surface area contributed by atoms with Gasteiger partial charge in [0.1, 0.15) is 0 Å². The number of hydrogen-bond acceptors (Lipinski definition) is 4. The molecule has 1 amide bonds. The highest BCUT2D eigenvalue weighted by molar-refractivity contribution is 7.99. The fourth-order valence-corrected chi connectivity index (χ4v) is 5.34. The SMILES string of the molecule is CCCSC[C@@H]1[C@H](CC=CCCC(C)(C)C(=O)N(C)O)[C@@H]2CC[C@H]1O2. The molecule has 2 fully saturated rings. The Morgan fingerprint density at radius 3 is 2.60 bits per heavy atom. The summed E-state index contributed by atoms with van der Waals surface area (Å²) in [6.45, 7) is 6.02. The lowest BCUT2D eigenvalue weighted by Crippen LogP contribution is -2.36. The molecule has 5 heteroatoms. The van der Waals surface area contributed by atoms with E-state index < -0.39 is 5.41 Å². The molecule has 0 saturated carbocycles. The van der Waals surface area contributed by atoms with E-state index in [1.807, 2.05) is 13.8 Å². The number of amides is 1. The zero-order valence-corrected chi connectivity index (χ0v) is 17.1. The average molecular weight is 370 g/mol. The lowest BCUT2D eigenvalue weighted by Gasteiger charge is -2.27. The van der Waals surface area contributed by atoms with Crippen molar-refractivity contribution >= 4 is 17.7 Å². The van der Waals surface area contributed by atoms with Crippen LogP contribution < -0.4 is 0 Å². The molecular formula is C20H35NO3S. The molecule has 0 spiro atoms. The molecule has 2 saturated heterocycles. The Hall–Kier alpha value is -0.520. The first-order chi connectivity index (χ1) is 11.9. The van der Waals surface area contributed by atoms with Gasteiger partial charge in [-0.25, -0.2) is 5.06 Å². The molecule has 1 N–H and O–H groups in total. The second-order valence-corrected chi connectivity index (χ2v) is 9.30. The molecule has 2 bridgehead atoms. The number of fused-ring (bicyclic) bond motifs is 2. The largest absolute Gasteiger partial charge is 0.374 e. The Morgan fingerprint density at radius 1 is 1.28 bits per heavy atom. The molecule has 2 heterocycles. The van der Waals surface area contributed by atoms with Gasteiger partial charge in [-0.1, -0.05) is 32.9 Å². The molecule has 4 atom stereocenters. The Kier molecular flexibility index (Phi) is 7.84. The van der Waals surface area contributed by atoms with Crippen LogP contribution in [0.3, 0.4) is 0 Å². The number of allylic oxidation sites excluding steroid dienone is 2. The predicted octanol–water partition coefficient (Wildman–Crippen LogP) is 4.52. The molecule has 0 aromatic carbocycles. The van der Waals surface area contributed by atoms with Crippen LogP contribution in [0.5, 0.6) is 0 Å². The summed E-state index contributed by atoms with van der Waals surface area (Å²) in [4.78, 5) is 11.9. The molecule has 2 rings (SSSR count). The maximum Gasteiger partial charge on any atom is 0.251 e. The minimum absolute atomic E-state index is 0.226. The van der Waals surface area contributed by atoms with Gasteiger partial charge >= 0.3 is 0 Å². The van der Waals surface area contributed by atoms with Crippen molar-refractivity contribution in [3.63, 3.8) is 0 Å². The molecule has 144 valence electrons. The first kappa shape index (κ1) is 20.8. The second-order valence-electron chi connectivity index (χ2n) is 8.15. The number of nitrogens with zero attached hydrogens (tertiary/aromatic N) is 1. The van der Waals surface area contributed by atoms with Gasteiger partial charge in [0.05, 0.1) is 12.2 Å². The quantitative estimate of drug-likeness (QED) is 0.266. The van der Waals surface area contributed by atoms with Gasteiger partial charge in [-0.3, -0.25) is 10.0 Å². The van der Waals surface area contributed by atoms with Gasteiger partial charge < -0.3 is 4.74 Å². The topological polar surface area (TPSA) is 49.8 Å². The monoisotopic (exact) mass is 369 g/mol. The van der Waals surface area contributed by atoms with Gasteiger partial charge in [0.15, 0.2) is 0 Å². The number of hydrogen-bond donors (Lipinski definition) is 1. The summed E-state index contributed by atoms with van der Waals surface area (Å²) in [7, 11) is 1.39. The van der Waals surface area contributed by atoms with Crippen molar-refractivity contribution in [3.05, 3.63) is 12.2 Å². The minimum Gasteiger partial charge on any atom is -0.374 e. The van der Waals surface area contributed by atoms with Gasteiger partial charge in [0.2, 0.25) is 0 Å². The van der Waals surface area contributed by atoms with E-state index in [0.717, 1.165) is 19.3 Å². The summed E-state index contributed by atoms with van der Waals surface area (Å²) in [5, 5.41) is 10.0. The Balaban J connectivity index is 1.77. The van der Waals surface area contributed by atoms with E-state index >= 15 is 0 Å². The lowest BCUT2D eigenvalue weighted by molar-refractivity contribution is -0.169. The molecule has 2 aliphatic heterocycles. The number of rotatable bonds is 10. The van der Waals surface area contributed by atoms with Crippen LogP contribution >= 0.6 is 11.8 Å². The van der Waals surface area contributed by atoms with Gasteiger partial charge in [-0.15, -0.1) is 0 Å². The maximum atomic E-state index is 11.9. The Morgan fingerprint density at radius 2 is 1.96 bits per heavy atom. The number of thioether (sulfide) groups is 1. The van der Waals surface area contributed by atoms with Crippen LogP contribution in [0, 0.1) is 17.3 Å². The summed E-state index contributed by atoms with van der Waals surface area (Å²) in [5.74, 6) is 3.63. The summed E-state index contributed by atoms with van der Waals surface area (Å²) in [6.07, 6.45) is 11.9.